The summed E-state index contributed by atoms with van der Waals surface area (Å²) in [5.41, 5.74) is 1.62. The lowest BCUT2D eigenvalue weighted by Gasteiger charge is -2.30. The molecule has 1 unspecified atom stereocenters. The zero-order chi connectivity index (χ0) is 36.6. The lowest BCUT2D eigenvalue weighted by molar-refractivity contribution is -0.161. The van der Waals surface area contributed by atoms with E-state index in [0.717, 1.165) is 30.7 Å². The van der Waals surface area contributed by atoms with Crippen molar-refractivity contribution in [3.63, 3.8) is 0 Å². The molecule has 1 aliphatic heterocycles. The summed E-state index contributed by atoms with van der Waals surface area (Å²) in [6.45, 7) is 8.33. The number of carbonyl (C=O) groups is 4. The van der Waals surface area contributed by atoms with Gasteiger partial charge in [0.05, 0.1) is 18.4 Å². The molecule has 272 valence electrons. The molecule has 1 aromatic heterocycles. The first-order valence-corrected chi connectivity index (χ1v) is 16.3. The van der Waals surface area contributed by atoms with Crippen LogP contribution in [0.25, 0.3) is 0 Å². The van der Waals surface area contributed by atoms with Gasteiger partial charge in [-0.05, 0) is 12.8 Å². The van der Waals surface area contributed by atoms with Crippen LogP contribution < -0.4 is 17.0 Å². The number of hydrogen-bond acceptors (Lipinski definition) is 17. The standard InChI is InChI=1S/C28H44N3O16P/c1-15(2)21(29)25(36)40-12-31-20(33)9-10-30(27(31)37)26-28(8,38)22(46-18(7)32)19(47-26)11-43-48(39,44-13-41-23(34)16(3)4)45-14-42-24(35)17(5)6/h9-10,15-17,19,21-22,26,38H,11-14,29H2,1-8H3/t19-,21?,22-,26-,28-/m1/s1. The number of rotatable bonds is 17. The molecule has 20 heteroatoms. The number of phosphoric acid groups is 1. The first-order chi connectivity index (χ1) is 22.2. The second-order valence-corrected chi connectivity index (χ2v) is 13.6. The average Bonchev–Trinajstić information content (AvgIpc) is 3.23. The first kappa shape index (κ1) is 40.7. The van der Waals surface area contributed by atoms with Gasteiger partial charge in [0.1, 0.15) is 17.7 Å². The molecular formula is C28H44N3O16P. The van der Waals surface area contributed by atoms with Crippen LogP contribution in [0.4, 0.5) is 0 Å². The molecule has 1 aliphatic rings. The van der Waals surface area contributed by atoms with E-state index in [9.17, 15) is 38.4 Å². The van der Waals surface area contributed by atoms with Gasteiger partial charge < -0.3 is 34.5 Å². The second-order valence-electron chi connectivity index (χ2n) is 11.9. The smallest absolute Gasteiger partial charge is 0.456 e. The average molecular weight is 710 g/mol. The Bertz CT molecular complexity index is 1440. The van der Waals surface area contributed by atoms with Crippen molar-refractivity contribution in [1.82, 2.24) is 9.13 Å². The Labute approximate surface area is 276 Å². The maximum absolute atomic E-state index is 13.4. The quantitative estimate of drug-likeness (QED) is 0.0969. The summed E-state index contributed by atoms with van der Waals surface area (Å²) in [5.74, 6) is -4.56. The van der Waals surface area contributed by atoms with Gasteiger partial charge in [0.25, 0.3) is 5.56 Å². The van der Waals surface area contributed by atoms with Crippen LogP contribution in [-0.4, -0.2) is 82.2 Å². The van der Waals surface area contributed by atoms with Crippen molar-refractivity contribution < 1.29 is 66.1 Å². The molecule has 1 fully saturated rings. The summed E-state index contributed by atoms with van der Waals surface area (Å²) in [6.07, 6.45) is -3.72. The molecule has 48 heavy (non-hydrogen) atoms. The second kappa shape index (κ2) is 17.3. The van der Waals surface area contributed by atoms with Crippen LogP contribution in [0, 0.1) is 17.8 Å². The molecule has 0 saturated carbocycles. The third-order valence-electron chi connectivity index (χ3n) is 6.85. The van der Waals surface area contributed by atoms with E-state index in [-0.39, 0.29) is 5.92 Å². The predicted octanol–water partition coefficient (Wildman–Crippen LogP) is 0.545. The summed E-state index contributed by atoms with van der Waals surface area (Å²) in [4.78, 5) is 73.8. The molecule has 1 saturated heterocycles. The van der Waals surface area contributed by atoms with Crippen molar-refractivity contribution in [2.75, 3.05) is 20.2 Å². The monoisotopic (exact) mass is 709 g/mol. The largest absolute Gasteiger partial charge is 0.480 e. The fourth-order valence-electron chi connectivity index (χ4n) is 3.97. The maximum atomic E-state index is 13.4. The highest BCUT2D eigenvalue weighted by molar-refractivity contribution is 7.48. The van der Waals surface area contributed by atoms with Crippen molar-refractivity contribution in [3.05, 3.63) is 33.1 Å². The van der Waals surface area contributed by atoms with E-state index in [0.29, 0.717) is 4.57 Å². The molecule has 1 aromatic rings. The Morgan fingerprint density at radius 3 is 1.98 bits per heavy atom. The Morgan fingerprint density at radius 2 is 1.50 bits per heavy atom. The van der Waals surface area contributed by atoms with Crippen molar-refractivity contribution in [1.29, 1.82) is 0 Å². The number of aromatic nitrogens is 2. The highest BCUT2D eigenvalue weighted by atomic mass is 31.2. The van der Waals surface area contributed by atoms with E-state index in [1.54, 1.807) is 41.5 Å². The number of nitrogens with zero attached hydrogens (tertiary/aromatic N) is 2. The highest BCUT2D eigenvalue weighted by Crippen LogP contribution is 2.51. The molecule has 0 aliphatic carbocycles. The first-order valence-electron chi connectivity index (χ1n) is 14.9. The van der Waals surface area contributed by atoms with Crippen molar-refractivity contribution in [2.45, 2.75) is 92.2 Å². The van der Waals surface area contributed by atoms with Crippen LogP contribution in [0.1, 0.15) is 61.6 Å². The lowest BCUT2D eigenvalue weighted by atomic mass is 9.96. The topological polar surface area (TPSA) is 249 Å². The Morgan fingerprint density at radius 1 is 0.958 bits per heavy atom. The van der Waals surface area contributed by atoms with Gasteiger partial charge in [-0.2, -0.15) is 0 Å². The summed E-state index contributed by atoms with van der Waals surface area (Å²) >= 11 is 0. The molecule has 0 spiro atoms. The van der Waals surface area contributed by atoms with Crippen LogP contribution in [0.3, 0.4) is 0 Å². The number of hydrogen-bond donors (Lipinski definition) is 2. The summed E-state index contributed by atoms with van der Waals surface area (Å²) < 4.78 is 56.2. The van der Waals surface area contributed by atoms with Crippen molar-refractivity contribution >= 4 is 31.7 Å². The third kappa shape index (κ3) is 10.8. The van der Waals surface area contributed by atoms with Crippen LogP contribution in [0.2, 0.25) is 0 Å². The molecule has 2 heterocycles. The summed E-state index contributed by atoms with van der Waals surface area (Å²) in [5, 5.41) is 11.5. The van der Waals surface area contributed by atoms with Crippen LogP contribution >= 0.6 is 7.82 Å². The molecule has 3 N–H and O–H groups in total. The van der Waals surface area contributed by atoms with Gasteiger partial charge >= 0.3 is 37.4 Å². The third-order valence-corrected chi connectivity index (χ3v) is 8.16. The summed E-state index contributed by atoms with van der Waals surface area (Å²) in [7, 11) is -4.73. The number of phosphoric ester groups is 1. The molecule has 0 bridgehead atoms. The van der Waals surface area contributed by atoms with Crippen LogP contribution in [0.5, 0.6) is 0 Å². The van der Waals surface area contributed by atoms with Crippen LogP contribution in [-0.2, 0) is 67.7 Å². The summed E-state index contributed by atoms with van der Waals surface area (Å²) in [6, 6.07) is -0.0849. The molecule has 2 rings (SSSR count). The minimum Gasteiger partial charge on any atom is -0.456 e. The van der Waals surface area contributed by atoms with Gasteiger partial charge in [0.15, 0.2) is 19.1 Å². The Kier molecular flexibility index (Phi) is 14.7. The molecule has 0 aromatic carbocycles. The van der Waals surface area contributed by atoms with E-state index in [2.05, 4.69) is 0 Å². The van der Waals surface area contributed by atoms with Gasteiger partial charge in [0.2, 0.25) is 13.6 Å². The van der Waals surface area contributed by atoms with Gasteiger partial charge in [-0.3, -0.25) is 33.1 Å². The molecular weight excluding hydrogens is 665 g/mol. The molecule has 0 radical (unpaired) electrons. The van der Waals surface area contributed by atoms with E-state index in [4.69, 9.17) is 43.0 Å². The van der Waals surface area contributed by atoms with Gasteiger partial charge in [0, 0.05) is 19.2 Å². The van der Waals surface area contributed by atoms with E-state index in [1.807, 2.05) is 0 Å². The Hall–Kier alpha value is -3.45. The normalized spacial score (nSPS) is 21.7. The zero-order valence-corrected chi connectivity index (χ0v) is 28.9. The van der Waals surface area contributed by atoms with Crippen LogP contribution in [0.15, 0.2) is 21.9 Å². The van der Waals surface area contributed by atoms with E-state index in [1.165, 1.54) is 0 Å². The fourth-order valence-corrected chi connectivity index (χ4v) is 4.89. The molecule has 5 atom stereocenters. The number of ether oxygens (including phenoxy) is 5. The van der Waals surface area contributed by atoms with Gasteiger partial charge in [-0.15, -0.1) is 0 Å². The molecule has 19 nitrogen and oxygen atoms in total. The fraction of sp³-hybridized carbons (Fsp3) is 0.714. The minimum atomic E-state index is -4.73. The highest BCUT2D eigenvalue weighted by Gasteiger charge is 2.57. The number of aliphatic hydroxyl groups is 1. The van der Waals surface area contributed by atoms with Crippen molar-refractivity contribution in [2.24, 2.45) is 23.5 Å². The van der Waals surface area contributed by atoms with E-state index < -0.39 is 112 Å². The van der Waals surface area contributed by atoms with E-state index >= 15 is 0 Å². The van der Waals surface area contributed by atoms with Gasteiger partial charge in [-0.25, -0.2) is 23.0 Å². The van der Waals surface area contributed by atoms with Gasteiger partial charge in [-0.1, -0.05) is 41.5 Å². The Balaban J connectivity index is 2.36. The molecule has 0 amide bonds. The minimum absolute atomic E-state index is 0.294. The number of esters is 4. The predicted molar refractivity (Wildman–Crippen MR) is 161 cm³/mol. The zero-order valence-electron chi connectivity index (χ0n) is 28.0. The number of carbonyl (C=O) groups excluding carboxylic acids is 4. The van der Waals surface area contributed by atoms with Crippen molar-refractivity contribution in [3.8, 4) is 0 Å². The SMILES string of the molecule is CC(=O)O[C@@H]1[C@@H](COP(=O)(OCOC(=O)C(C)C)OCOC(=O)C(C)C)O[C@@H](n2ccc(=O)n(COC(=O)C(N)C(C)C)c2=O)[C@]1(C)O. The number of nitrogens with two attached hydrogens (primary N) is 1. The lowest BCUT2D eigenvalue weighted by Crippen LogP contribution is -2.50. The maximum Gasteiger partial charge on any atom is 0.480 e.